The number of rotatable bonds is 7. The number of furan rings is 1. The zero-order valence-electron chi connectivity index (χ0n) is 14.0. The van der Waals surface area contributed by atoms with Gasteiger partial charge in [-0.25, -0.2) is 4.98 Å². The van der Waals surface area contributed by atoms with Crippen LogP contribution >= 0.6 is 0 Å². The fourth-order valence-corrected chi connectivity index (χ4v) is 2.73. The number of nitrogens with one attached hydrogen (secondary N) is 1. The number of carbonyl (C=O) groups is 1. The van der Waals surface area contributed by atoms with Crippen LogP contribution < -0.4 is 5.32 Å². The first-order valence-corrected chi connectivity index (χ1v) is 8.01. The van der Waals surface area contributed by atoms with Gasteiger partial charge in [0, 0.05) is 19.5 Å². The second kappa shape index (κ2) is 7.31. The second-order valence-corrected chi connectivity index (χ2v) is 5.98. The third kappa shape index (κ3) is 3.65. The molecular formula is C18H22N4O2. The monoisotopic (exact) mass is 326 g/mol. The molecule has 1 unspecified atom stereocenters. The maximum Gasteiger partial charge on any atom is 0.221 e. The fourth-order valence-electron chi connectivity index (χ4n) is 2.73. The van der Waals surface area contributed by atoms with Crippen LogP contribution in [0.5, 0.6) is 0 Å². The van der Waals surface area contributed by atoms with E-state index in [1.54, 1.807) is 12.6 Å². The predicted octanol–water partition coefficient (Wildman–Crippen LogP) is 2.44. The van der Waals surface area contributed by atoms with Crippen LogP contribution in [0, 0.1) is 0 Å². The van der Waals surface area contributed by atoms with Gasteiger partial charge in [-0.2, -0.15) is 0 Å². The molecule has 0 saturated heterocycles. The number of fused-ring (bicyclic) bond motifs is 1. The van der Waals surface area contributed by atoms with Crippen LogP contribution in [-0.4, -0.2) is 41.0 Å². The van der Waals surface area contributed by atoms with Gasteiger partial charge in [0.1, 0.15) is 5.76 Å². The Kier molecular flexibility index (Phi) is 4.96. The van der Waals surface area contributed by atoms with Gasteiger partial charge in [0.05, 0.1) is 29.7 Å². The highest BCUT2D eigenvalue weighted by atomic mass is 16.3. The number of imidazole rings is 1. The third-order valence-corrected chi connectivity index (χ3v) is 4.09. The Morgan fingerprint density at radius 1 is 1.29 bits per heavy atom. The maximum atomic E-state index is 12.2. The SMILES string of the molecule is CN(C)C(CNC(=O)CCn1cnc2ccccc21)c1ccco1. The normalized spacial score (nSPS) is 12.6. The summed E-state index contributed by atoms with van der Waals surface area (Å²) in [4.78, 5) is 18.5. The molecule has 0 fully saturated rings. The fraction of sp³-hybridized carbons (Fsp3) is 0.333. The minimum atomic E-state index is 0.0196. The van der Waals surface area contributed by atoms with E-state index in [2.05, 4.69) is 10.3 Å². The van der Waals surface area contributed by atoms with Crippen molar-refractivity contribution in [2.45, 2.75) is 19.0 Å². The molecular weight excluding hydrogens is 304 g/mol. The van der Waals surface area contributed by atoms with E-state index in [9.17, 15) is 4.79 Å². The molecule has 3 rings (SSSR count). The molecule has 0 radical (unpaired) electrons. The van der Waals surface area contributed by atoms with Crippen molar-refractivity contribution in [1.29, 1.82) is 0 Å². The Labute approximate surface area is 141 Å². The number of para-hydroxylation sites is 2. The van der Waals surface area contributed by atoms with Gasteiger partial charge in [-0.15, -0.1) is 0 Å². The van der Waals surface area contributed by atoms with E-state index in [0.29, 0.717) is 19.5 Å². The van der Waals surface area contributed by atoms with E-state index in [0.717, 1.165) is 16.8 Å². The zero-order chi connectivity index (χ0) is 16.9. The van der Waals surface area contributed by atoms with Crippen LogP contribution in [-0.2, 0) is 11.3 Å². The van der Waals surface area contributed by atoms with Gasteiger partial charge in [-0.05, 0) is 38.4 Å². The van der Waals surface area contributed by atoms with E-state index < -0.39 is 0 Å². The molecule has 6 nitrogen and oxygen atoms in total. The van der Waals surface area contributed by atoms with Crippen LogP contribution in [0.15, 0.2) is 53.4 Å². The van der Waals surface area contributed by atoms with Crippen LogP contribution in [0.4, 0.5) is 0 Å². The van der Waals surface area contributed by atoms with Crippen molar-refractivity contribution in [2.24, 2.45) is 0 Å². The maximum absolute atomic E-state index is 12.2. The molecule has 0 aliphatic heterocycles. The Balaban J connectivity index is 1.54. The van der Waals surface area contributed by atoms with Gasteiger partial charge in [0.25, 0.3) is 0 Å². The van der Waals surface area contributed by atoms with E-state index in [4.69, 9.17) is 4.42 Å². The Morgan fingerprint density at radius 3 is 2.88 bits per heavy atom. The summed E-state index contributed by atoms with van der Waals surface area (Å²) in [5.74, 6) is 0.868. The van der Waals surface area contributed by atoms with Gasteiger partial charge in [-0.1, -0.05) is 12.1 Å². The van der Waals surface area contributed by atoms with Crippen LogP contribution in [0.25, 0.3) is 11.0 Å². The van der Waals surface area contributed by atoms with Crippen molar-refractivity contribution in [3.05, 3.63) is 54.7 Å². The average Bonchev–Trinajstić information content (AvgIpc) is 3.23. The molecule has 0 aliphatic rings. The Morgan fingerprint density at radius 2 is 2.12 bits per heavy atom. The first-order valence-electron chi connectivity index (χ1n) is 8.01. The minimum absolute atomic E-state index is 0.0196. The summed E-state index contributed by atoms with van der Waals surface area (Å²) < 4.78 is 7.46. The molecule has 2 aromatic heterocycles. The standard InChI is InChI=1S/C18H22N4O2/c1-21(2)16(17-8-5-11-24-17)12-19-18(23)9-10-22-13-20-14-6-3-4-7-15(14)22/h3-8,11,13,16H,9-10,12H2,1-2H3,(H,19,23). The van der Waals surface area contributed by atoms with E-state index in [1.807, 2.05) is 60.0 Å². The van der Waals surface area contributed by atoms with Gasteiger partial charge in [0.2, 0.25) is 5.91 Å². The molecule has 24 heavy (non-hydrogen) atoms. The number of hydrogen-bond acceptors (Lipinski definition) is 4. The molecule has 1 atom stereocenters. The molecule has 6 heteroatoms. The smallest absolute Gasteiger partial charge is 0.221 e. The lowest BCUT2D eigenvalue weighted by Crippen LogP contribution is -2.34. The molecule has 126 valence electrons. The predicted molar refractivity (Wildman–Crippen MR) is 92.5 cm³/mol. The zero-order valence-corrected chi connectivity index (χ0v) is 14.0. The number of aryl methyl sites for hydroxylation is 1. The molecule has 2 heterocycles. The lowest BCUT2D eigenvalue weighted by molar-refractivity contribution is -0.121. The minimum Gasteiger partial charge on any atom is -0.468 e. The molecule has 0 saturated carbocycles. The number of carbonyl (C=O) groups excluding carboxylic acids is 1. The van der Waals surface area contributed by atoms with Crippen molar-refractivity contribution >= 4 is 16.9 Å². The van der Waals surface area contributed by atoms with Crippen molar-refractivity contribution in [3.63, 3.8) is 0 Å². The second-order valence-electron chi connectivity index (χ2n) is 5.98. The molecule has 1 N–H and O–H groups in total. The van der Waals surface area contributed by atoms with Gasteiger partial charge >= 0.3 is 0 Å². The quantitative estimate of drug-likeness (QED) is 0.724. The summed E-state index contributed by atoms with van der Waals surface area (Å²) in [6.45, 7) is 1.13. The lowest BCUT2D eigenvalue weighted by Gasteiger charge is -2.22. The molecule has 1 amide bonds. The Bertz CT molecular complexity index is 792. The highest BCUT2D eigenvalue weighted by Gasteiger charge is 2.17. The van der Waals surface area contributed by atoms with Crippen molar-refractivity contribution in [3.8, 4) is 0 Å². The number of amides is 1. The van der Waals surface area contributed by atoms with Crippen LogP contribution in [0.3, 0.4) is 0 Å². The summed E-state index contributed by atoms with van der Waals surface area (Å²) >= 11 is 0. The van der Waals surface area contributed by atoms with Crippen molar-refractivity contribution in [1.82, 2.24) is 19.8 Å². The highest BCUT2D eigenvalue weighted by molar-refractivity contribution is 5.77. The first-order chi connectivity index (χ1) is 11.6. The van der Waals surface area contributed by atoms with Gasteiger partial charge in [0.15, 0.2) is 0 Å². The number of hydrogen-bond donors (Lipinski definition) is 1. The van der Waals surface area contributed by atoms with Gasteiger partial charge < -0.3 is 14.3 Å². The summed E-state index contributed by atoms with van der Waals surface area (Å²) in [6, 6.07) is 11.7. The highest BCUT2D eigenvalue weighted by Crippen LogP contribution is 2.17. The third-order valence-electron chi connectivity index (χ3n) is 4.09. The molecule has 0 spiro atoms. The summed E-state index contributed by atoms with van der Waals surface area (Å²) in [6.07, 6.45) is 3.85. The van der Waals surface area contributed by atoms with Crippen LogP contribution in [0.1, 0.15) is 18.2 Å². The number of likely N-dealkylation sites (N-methyl/N-ethyl adjacent to an activating group) is 1. The lowest BCUT2D eigenvalue weighted by atomic mass is 10.2. The molecule has 1 aromatic carbocycles. The topological polar surface area (TPSA) is 63.3 Å². The van der Waals surface area contributed by atoms with E-state index in [-0.39, 0.29) is 11.9 Å². The summed E-state index contributed by atoms with van der Waals surface area (Å²) in [7, 11) is 3.94. The van der Waals surface area contributed by atoms with Crippen LogP contribution in [0.2, 0.25) is 0 Å². The molecule has 0 bridgehead atoms. The summed E-state index contributed by atoms with van der Waals surface area (Å²) in [5.41, 5.74) is 2.00. The number of benzene rings is 1. The van der Waals surface area contributed by atoms with Crippen molar-refractivity contribution in [2.75, 3.05) is 20.6 Å². The van der Waals surface area contributed by atoms with Crippen molar-refractivity contribution < 1.29 is 9.21 Å². The van der Waals surface area contributed by atoms with Gasteiger partial charge in [-0.3, -0.25) is 9.69 Å². The van der Waals surface area contributed by atoms with E-state index in [1.165, 1.54) is 0 Å². The summed E-state index contributed by atoms with van der Waals surface area (Å²) in [5, 5.41) is 2.99. The molecule has 0 aliphatic carbocycles. The largest absolute Gasteiger partial charge is 0.468 e. The first kappa shape index (κ1) is 16.3. The number of nitrogens with zero attached hydrogens (tertiary/aromatic N) is 3. The average molecular weight is 326 g/mol. The number of aromatic nitrogens is 2. The van der Waals surface area contributed by atoms with E-state index >= 15 is 0 Å². The Hall–Kier alpha value is -2.60. The molecule has 3 aromatic rings.